The fourth-order valence-corrected chi connectivity index (χ4v) is 3.58. The molecule has 1 fully saturated rings. The number of carboxylic acid groups (broad SMARTS) is 1. The fraction of sp³-hybridized carbons (Fsp3) is 0.588. The van der Waals surface area contributed by atoms with E-state index in [0.29, 0.717) is 12.3 Å². The molecule has 0 aliphatic heterocycles. The maximum atomic E-state index is 13.5. The first kappa shape index (κ1) is 15.0. The first-order valence-corrected chi connectivity index (χ1v) is 7.51. The highest BCUT2D eigenvalue weighted by atomic mass is 19.1. The molecule has 2 nitrogen and oxygen atoms in total. The molecule has 110 valence electrons. The molecule has 0 bridgehead atoms. The Kier molecular flexibility index (Phi) is 4.79. The highest BCUT2D eigenvalue weighted by molar-refractivity contribution is 5.71. The summed E-state index contributed by atoms with van der Waals surface area (Å²) in [5.41, 5.74) is 1.89. The summed E-state index contributed by atoms with van der Waals surface area (Å²) >= 11 is 0. The predicted molar refractivity (Wildman–Crippen MR) is 77.3 cm³/mol. The van der Waals surface area contributed by atoms with Gasteiger partial charge < -0.3 is 5.11 Å². The molecular formula is C17H23FO2. The predicted octanol–water partition coefficient (Wildman–Crippen LogP) is 4.52. The van der Waals surface area contributed by atoms with Gasteiger partial charge in [0.05, 0.1) is 5.92 Å². The van der Waals surface area contributed by atoms with E-state index in [2.05, 4.69) is 6.92 Å². The number of carbonyl (C=O) groups is 1. The summed E-state index contributed by atoms with van der Waals surface area (Å²) in [7, 11) is 0. The van der Waals surface area contributed by atoms with Gasteiger partial charge in [-0.3, -0.25) is 4.79 Å². The third-order valence-corrected chi connectivity index (χ3v) is 4.61. The number of rotatable bonds is 4. The number of aryl methyl sites for hydroxylation is 1. The Bertz CT molecular complexity index is 484. The van der Waals surface area contributed by atoms with Crippen LogP contribution in [0.15, 0.2) is 18.2 Å². The minimum absolute atomic E-state index is 0.0477. The van der Waals surface area contributed by atoms with Gasteiger partial charge in [0, 0.05) is 0 Å². The molecule has 0 aromatic heterocycles. The van der Waals surface area contributed by atoms with Gasteiger partial charge in [-0.15, -0.1) is 0 Å². The molecule has 0 saturated heterocycles. The van der Waals surface area contributed by atoms with Gasteiger partial charge >= 0.3 is 5.97 Å². The highest BCUT2D eigenvalue weighted by Gasteiger charge is 2.36. The number of carboxylic acids is 1. The lowest BCUT2D eigenvalue weighted by Crippen LogP contribution is -2.29. The summed E-state index contributed by atoms with van der Waals surface area (Å²) in [4.78, 5) is 11.5. The Morgan fingerprint density at radius 2 is 2.15 bits per heavy atom. The molecule has 1 N–H and O–H groups in total. The summed E-state index contributed by atoms with van der Waals surface area (Å²) in [6.45, 7) is 4.10. The first-order valence-electron chi connectivity index (χ1n) is 7.51. The average Bonchev–Trinajstić information content (AvgIpc) is 2.41. The van der Waals surface area contributed by atoms with Gasteiger partial charge in [-0.25, -0.2) is 4.39 Å². The molecule has 1 aromatic carbocycles. The van der Waals surface area contributed by atoms with Crippen LogP contribution >= 0.6 is 0 Å². The second-order valence-electron chi connectivity index (χ2n) is 6.02. The lowest BCUT2D eigenvalue weighted by atomic mass is 9.69. The Morgan fingerprint density at radius 1 is 1.40 bits per heavy atom. The zero-order valence-electron chi connectivity index (χ0n) is 12.2. The molecule has 0 heterocycles. The molecule has 3 atom stereocenters. The normalized spacial score (nSPS) is 26.4. The quantitative estimate of drug-likeness (QED) is 0.879. The molecule has 0 spiro atoms. The van der Waals surface area contributed by atoms with Crippen LogP contribution in [0.1, 0.15) is 56.1 Å². The number of aliphatic carboxylic acids is 1. The van der Waals surface area contributed by atoms with E-state index in [4.69, 9.17) is 0 Å². The summed E-state index contributed by atoms with van der Waals surface area (Å²) in [6.07, 6.45) is 4.82. The van der Waals surface area contributed by atoms with Crippen molar-refractivity contribution in [1.29, 1.82) is 0 Å². The van der Waals surface area contributed by atoms with Gasteiger partial charge in [0.1, 0.15) is 5.82 Å². The van der Waals surface area contributed by atoms with Crippen molar-refractivity contribution in [1.82, 2.24) is 0 Å². The van der Waals surface area contributed by atoms with Gasteiger partial charge in [0.25, 0.3) is 0 Å². The Labute approximate surface area is 120 Å². The summed E-state index contributed by atoms with van der Waals surface area (Å²) in [5.74, 6) is -0.860. The Morgan fingerprint density at radius 3 is 2.80 bits per heavy atom. The van der Waals surface area contributed by atoms with E-state index in [1.54, 1.807) is 6.07 Å². The Balaban J connectivity index is 2.31. The average molecular weight is 278 g/mol. The van der Waals surface area contributed by atoms with E-state index in [1.165, 1.54) is 12.1 Å². The summed E-state index contributed by atoms with van der Waals surface area (Å²) in [5, 5.41) is 9.45. The summed E-state index contributed by atoms with van der Waals surface area (Å²) in [6, 6.07) is 4.73. The van der Waals surface area contributed by atoms with Gasteiger partial charge in [-0.2, -0.15) is 0 Å². The minimum atomic E-state index is -0.742. The number of hydrogen-bond donors (Lipinski definition) is 1. The van der Waals surface area contributed by atoms with E-state index in [0.717, 1.165) is 36.8 Å². The van der Waals surface area contributed by atoms with Crippen molar-refractivity contribution < 1.29 is 14.3 Å². The van der Waals surface area contributed by atoms with E-state index < -0.39 is 5.97 Å². The van der Waals surface area contributed by atoms with Crippen molar-refractivity contribution in [3.63, 3.8) is 0 Å². The maximum Gasteiger partial charge on any atom is 0.307 e. The SMILES string of the molecule is CCCC1CCC(C(=O)O)C(c2cc(F)ccc2C)C1. The molecule has 1 aromatic rings. The Hall–Kier alpha value is -1.38. The fourth-order valence-electron chi connectivity index (χ4n) is 3.58. The van der Waals surface area contributed by atoms with Crippen LogP contribution in [-0.4, -0.2) is 11.1 Å². The number of hydrogen-bond acceptors (Lipinski definition) is 1. The second kappa shape index (κ2) is 6.38. The molecular weight excluding hydrogens is 255 g/mol. The van der Waals surface area contributed by atoms with Gasteiger partial charge in [-0.1, -0.05) is 25.8 Å². The van der Waals surface area contributed by atoms with Gasteiger partial charge in [-0.05, 0) is 61.3 Å². The monoisotopic (exact) mass is 278 g/mol. The largest absolute Gasteiger partial charge is 0.481 e. The van der Waals surface area contributed by atoms with Crippen molar-refractivity contribution in [3.05, 3.63) is 35.1 Å². The third kappa shape index (κ3) is 3.20. The number of halogens is 1. The molecule has 1 saturated carbocycles. The van der Waals surface area contributed by atoms with Crippen LogP contribution in [0.3, 0.4) is 0 Å². The molecule has 20 heavy (non-hydrogen) atoms. The summed E-state index contributed by atoms with van der Waals surface area (Å²) < 4.78 is 13.5. The molecule has 3 heteroatoms. The van der Waals surface area contributed by atoms with E-state index in [-0.39, 0.29) is 17.7 Å². The highest BCUT2D eigenvalue weighted by Crippen LogP contribution is 2.43. The first-order chi connectivity index (χ1) is 9.52. The van der Waals surface area contributed by atoms with Crippen LogP contribution in [0.4, 0.5) is 4.39 Å². The molecule has 2 rings (SSSR count). The van der Waals surface area contributed by atoms with E-state index in [9.17, 15) is 14.3 Å². The molecule has 1 aliphatic rings. The molecule has 1 aliphatic carbocycles. The van der Waals surface area contributed by atoms with Crippen molar-refractivity contribution in [3.8, 4) is 0 Å². The van der Waals surface area contributed by atoms with Crippen LogP contribution in [0.25, 0.3) is 0 Å². The second-order valence-corrected chi connectivity index (χ2v) is 6.02. The van der Waals surface area contributed by atoms with Crippen molar-refractivity contribution in [2.24, 2.45) is 11.8 Å². The zero-order valence-corrected chi connectivity index (χ0v) is 12.2. The van der Waals surface area contributed by atoms with Crippen molar-refractivity contribution in [2.45, 2.75) is 51.9 Å². The topological polar surface area (TPSA) is 37.3 Å². The third-order valence-electron chi connectivity index (χ3n) is 4.61. The van der Waals surface area contributed by atoms with E-state index in [1.807, 2.05) is 6.92 Å². The van der Waals surface area contributed by atoms with Gasteiger partial charge in [0.2, 0.25) is 0 Å². The molecule has 0 amide bonds. The van der Waals surface area contributed by atoms with Crippen LogP contribution < -0.4 is 0 Å². The van der Waals surface area contributed by atoms with Crippen LogP contribution in [-0.2, 0) is 4.79 Å². The lowest BCUT2D eigenvalue weighted by molar-refractivity contribution is -0.143. The smallest absolute Gasteiger partial charge is 0.307 e. The van der Waals surface area contributed by atoms with Gasteiger partial charge in [0.15, 0.2) is 0 Å². The van der Waals surface area contributed by atoms with Crippen LogP contribution in [0.2, 0.25) is 0 Å². The minimum Gasteiger partial charge on any atom is -0.481 e. The maximum absolute atomic E-state index is 13.5. The van der Waals surface area contributed by atoms with Crippen LogP contribution in [0, 0.1) is 24.6 Å². The zero-order chi connectivity index (χ0) is 14.7. The molecule has 3 unspecified atom stereocenters. The van der Waals surface area contributed by atoms with Crippen molar-refractivity contribution >= 4 is 5.97 Å². The molecule has 0 radical (unpaired) electrons. The standard InChI is InChI=1S/C17H23FO2/c1-3-4-12-6-8-14(17(19)20)16(9-12)15-10-13(18)7-5-11(15)2/h5,7,10,12,14,16H,3-4,6,8-9H2,1-2H3,(H,19,20). The number of benzene rings is 1. The van der Waals surface area contributed by atoms with E-state index >= 15 is 0 Å². The van der Waals surface area contributed by atoms with Crippen molar-refractivity contribution in [2.75, 3.05) is 0 Å². The lowest BCUT2D eigenvalue weighted by Gasteiger charge is -2.35. The van der Waals surface area contributed by atoms with Crippen LogP contribution in [0.5, 0.6) is 0 Å².